The Morgan fingerprint density at radius 3 is 2.93 bits per heavy atom. The van der Waals surface area contributed by atoms with Crippen molar-refractivity contribution in [3.63, 3.8) is 0 Å². The van der Waals surface area contributed by atoms with Gasteiger partial charge in [0.05, 0.1) is 5.75 Å². The molecule has 0 aliphatic carbocycles. The van der Waals surface area contributed by atoms with E-state index in [4.69, 9.17) is 5.21 Å². The molecule has 0 unspecified atom stereocenters. The summed E-state index contributed by atoms with van der Waals surface area (Å²) in [6.07, 6.45) is 0. The molecule has 76 valence electrons. The van der Waals surface area contributed by atoms with E-state index in [0.717, 1.165) is 11.8 Å². The van der Waals surface area contributed by atoms with E-state index in [1.54, 1.807) is 0 Å². The Bertz CT molecular complexity index is 391. The zero-order valence-corrected chi connectivity index (χ0v) is 8.09. The van der Waals surface area contributed by atoms with Gasteiger partial charge in [-0.2, -0.15) is 0 Å². The molecule has 0 spiro atoms. The maximum absolute atomic E-state index is 11.0. The Hall–Kier alpha value is -1.41. The van der Waals surface area contributed by atoms with Crippen LogP contribution >= 0.6 is 11.8 Å². The second kappa shape index (κ2) is 4.72. The summed E-state index contributed by atoms with van der Waals surface area (Å²) in [6.45, 7) is 1.53. The van der Waals surface area contributed by atoms with Gasteiger partial charge >= 0.3 is 0 Å². The second-order valence-electron chi connectivity index (χ2n) is 2.37. The Labute approximate surface area is 82.9 Å². The van der Waals surface area contributed by atoms with E-state index in [2.05, 4.69) is 15.2 Å². The number of aryl methyl sites for hydroxylation is 1. The van der Waals surface area contributed by atoms with Crippen molar-refractivity contribution in [2.75, 3.05) is 5.75 Å². The Morgan fingerprint density at radius 2 is 2.36 bits per heavy atom. The molecule has 0 radical (unpaired) electrons. The molecule has 0 saturated carbocycles. The van der Waals surface area contributed by atoms with Crippen molar-refractivity contribution in [1.29, 1.82) is 0 Å². The number of aromatic nitrogens is 3. The Morgan fingerprint density at radius 1 is 1.64 bits per heavy atom. The number of thioether (sulfide) groups is 1. The zero-order valence-electron chi connectivity index (χ0n) is 7.27. The minimum Gasteiger partial charge on any atom is -0.298 e. The van der Waals surface area contributed by atoms with Crippen LogP contribution < -0.4 is 11.0 Å². The molecular formula is C6H8N4O3S. The van der Waals surface area contributed by atoms with Gasteiger partial charge in [0.15, 0.2) is 5.16 Å². The molecule has 7 nitrogen and oxygen atoms in total. The predicted octanol–water partition coefficient (Wildman–Crippen LogP) is -0.929. The van der Waals surface area contributed by atoms with Gasteiger partial charge in [-0.25, -0.2) is 5.48 Å². The van der Waals surface area contributed by atoms with Gasteiger partial charge in [0.2, 0.25) is 0 Å². The third-order valence-corrected chi connectivity index (χ3v) is 2.17. The molecular weight excluding hydrogens is 208 g/mol. The molecule has 0 aromatic carbocycles. The van der Waals surface area contributed by atoms with Gasteiger partial charge in [-0.1, -0.05) is 11.8 Å². The first-order chi connectivity index (χ1) is 6.63. The minimum absolute atomic E-state index is 0.0375. The molecule has 8 heteroatoms. The summed E-state index contributed by atoms with van der Waals surface area (Å²) in [6, 6.07) is 0. The third-order valence-electron chi connectivity index (χ3n) is 1.30. The standard InChI is InChI=1S/C6H8N4O3S/c1-3-5(12)7-6(9-8-3)14-2-4(11)10-13/h13H,2H2,1H3,(H,10,11)(H,7,9,12). The monoisotopic (exact) mass is 216 g/mol. The molecule has 0 aliphatic rings. The fraction of sp³-hybridized carbons (Fsp3) is 0.333. The van der Waals surface area contributed by atoms with Gasteiger partial charge in [-0.3, -0.25) is 19.8 Å². The highest BCUT2D eigenvalue weighted by Gasteiger charge is 2.04. The van der Waals surface area contributed by atoms with Crippen molar-refractivity contribution >= 4 is 17.7 Å². The van der Waals surface area contributed by atoms with E-state index in [1.165, 1.54) is 12.4 Å². The number of rotatable bonds is 3. The van der Waals surface area contributed by atoms with Crippen molar-refractivity contribution in [1.82, 2.24) is 20.7 Å². The van der Waals surface area contributed by atoms with Crippen LogP contribution in [-0.2, 0) is 4.79 Å². The molecule has 0 saturated heterocycles. The largest absolute Gasteiger partial charge is 0.298 e. The maximum atomic E-state index is 11.0. The van der Waals surface area contributed by atoms with E-state index in [-0.39, 0.29) is 22.2 Å². The zero-order chi connectivity index (χ0) is 10.6. The first-order valence-electron chi connectivity index (χ1n) is 3.63. The average molecular weight is 216 g/mol. The lowest BCUT2D eigenvalue weighted by Gasteiger charge is -1.98. The summed E-state index contributed by atoms with van der Waals surface area (Å²) in [5, 5.41) is 15.6. The van der Waals surface area contributed by atoms with Crippen LogP contribution in [0, 0.1) is 6.92 Å². The van der Waals surface area contributed by atoms with E-state index >= 15 is 0 Å². The van der Waals surface area contributed by atoms with Crippen molar-refractivity contribution in [3.05, 3.63) is 16.0 Å². The van der Waals surface area contributed by atoms with Crippen molar-refractivity contribution in [3.8, 4) is 0 Å². The minimum atomic E-state index is -0.571. The van der Waals surface area contributed by atoms with E-state index in [0.29, 0.717) is 0 Å². The summed E-state index contributed by atoms with van der Waals surface area (Å²) >= 11 is 0.975. The first-order valence-corrected chi connectivity index (χ1v) is 4.61. The van der Waals surface area contributed by atoms with Crippen molar-refractivity contribution < 1.29 is 10.0 Å². The van der Waals surface area contributed by atoms with Gasteiger partial charge in [-0.05, 0) is 6.92 Å². The molecule has 0 atom stereocenters. The lowest BCUT2D eigenvalue weighted by molar-refractivity contribution is -0.126. The van der Waals surface area contributed by atoms with Gasteiger partial charge in [0.1, 0.15) is 5.69 Å². The van der Waals surface area contributed by atoms with Crippen LogP contribution in [0.15, 0.2) is 9.95 Å². The number of hydrogen-bond donors (Lipinski definition) is 3. The molecule has 1 heterocycles. The number of H-pyrrole nitrogens is 1. The molecule has 1 rings (SSSR count). The highest BCUT2D eigenvalue weighted by atomic mass is 32.2. The molecule has 1 amide bonds. The first kappa shape index (κ1) is 10.7. The summed E-state index contributed by atoms with van der Waals surface area (Å²) < 4.78 is 0. The number of nitrogens with zero attached hydrogens (tertiary/aromatic N) is 2. The quantitative estimate of drug-likeness (QED) is 0.342. The van der Waals surface area contributed by atoms with Crippen molar-refractivity contribution in [2.45, 2.75) is 12.1 Å². The Kier molecular flexibility index (Phi) is 3.60. The smallest absolute Gasteiger partial charge is 0.273 e. The van der Waals surface area contributed by atoms with E-state index in [9.17, 15) is 9.59 Å². The van der Waals surface area contributed by atoms with Crippen LogP contribution in [0.25, 0.3) is 0 Å². The van der Waals surface area contributed by atoms with Gasteiger partial charge in [0, 0.05) is 0 Å². The number of carbonyl (C=O) groups excluding carboxylic acids is 1. The van der Waals surface area contributed by atoms with Gasteiger partial charge in [0.25, 0.3) is 11.5 Å². The van der Waals surface area contributed by atoms with E-state index in [1.807, 2.05) is 0 Å². The normalized spacial score (nSPS) is 9.86. The SMILES string of the molecule is Cc1nnc(SCC(=O)NO)[nH]c1=O. The molecule has 0 fully saturated rings. The highest BCUT2D eigenvalue weighted by molar-refractivity contribution is 7.99. The second-order valence-corrected chi connectivity index (χ2v) is 3.33. The highest BCUT2D eigenvalue weighted by Crippen LogP contribution is 2.08. The Balaban J connectivity index is 2.65. The van der Waals surface area contributed by atoms with Crippen LogP contribution in [-0.4, -0.2) is 32.0 Å². The fourth-order valence-electron chi connectivity index (χ4n) is 0.610. The lowest BCUT2D eigenvalue weighted by Crippen LogP contribution is -2.21. The summed E-state index contributed by atoms with van der Waals surface area (Å²) in [5.41, 5.74) is 1.39. The number of hydroxylamine groups is 1. The molecule has 14 heavy (non-hydrogen) atoms. The summed E-state index contributed by atoms with van der Waals surface area (Å²) in [7, 11) is 0. The molecule has 1 aromatic rings. The number of aromatic amines is 1. The van der Waals surface area contributed by atoms with Gasteiger partial charge in [-0.15, -0.1) is 10.2 Å². The maximum Gasteiger partial charge on any atom is 0.273 e. The molecule has 0 aliphatic heterocycles. The number of nitrogens with one attached hydrogen (secondary N) is 2. The van der Waals surface area contributed by atoms with Crippen LogP contribution in [0.2, 0.25) is 0 Å². The summed E-state index contributed by atoms with van der Waals surface area (Å²) in [4.78, 5) is 24.1. The molecule has 3 N–H and O–H groups in total. The molecule has 0 bridgehead atoms. The van der Waals surface area contributed by atoms with E-state index < -0.39 is 5.91 Å². The van der Waals surface area contributed by atoms with Crippen LogP contribution in [0.3, 0.4) is 0 Å². The summed E-state index contributed by atoms with van der Waals surface area (Å²) in [5.74, 6) is -0.609. The van der Waals surface area contributed by atoms with Crippen LogP contribution in [0.5, 0.6) is 0 Å². The van der Waals surface area contributed by atoms with Gasteiger partial charge < -0.3 is 0 Å². The fourth-order valence-corrected chi connectivity index (χ4v) is 1.21. The molecule has 1 aromatic heterocycles. The van der Waals surface area contributed by atoms with Crippen molar-refractivity contribution in [2.24, 2.45) is 0 Å². The predicted molar refractivity (Wildman–Crippen MR) is 48.0 cm³/mol. The van der Waals surface area contributed by atoms with Crippen LogP contribution in [0.4, 0.5) is 0 Å². The average Bonchev–Trinajstić information content (AvgIpc) is 2.19. The van der Waals surface area contributed by atoms with Crippen LogP contribution in [0.1, 0.15) is 5.69 Å². The number of amides is 1. The topological polar surface area (TPSA) is 108 Å². The lowest BCUT2D eigenvalue weighted by atomic mass is 10.5. The number of carbonyl (C=O) groups is 1. The third kappa shape index (κ3) is 2.82. The number of hydrogen-bond acceptors (Lipinski definition) is 6.